The summed E-state index contributed by atoms with van der Waals surface area (Å²) in [6.07, 6.45) is 0.767. The maximum atomic E-state index is 8.61. The van der Waals surface area contributed by atoms with Crippen LogP contribution in [0.4, 0.5) is 0 Å². The van der Waals surface area contributed by atoms with Crippen molar-refractivity contribution in [3.63, 3.8) is 0 Å². The second-order valence-corrected chi connectivity index (χ2v) is 2.09. The number of hydrogen-bond donors (Lipinski definition) is 1. The van der Waals surface area contributed by atoms with Crippen LogP contribution in [0, 0.1) is 6.92 Å². The summed E-state index contributed by atoms with van der Waals surface area (Å²) in [5.74, 6) is 0. The molecule has 0 aliphatic rings. The van der Waals surface area contributed by atoms with Crippen LogP contribution in [0.1, 0.15) is 6.42 Å². The van der Waals surface area contributed by atoms with Gasteiger partial charge in [0.2, 0.25) is 0 Å². The number of nitrogens with zero attached hydrogens (tertiary/aromatic N) is 1. The minimum atomic E-state index is 0.205. The molecule has 0 bridgehead atoms. The molecule has 0 spiro atoms. The molecule has 0 heterocycles. The van der Waals surface area contributed by atoms with Gasteiger partial charge in [0.25, 0.3) is 0 Å². The zero-order valence-corrected chi connectivity index (χ0v) is 5.59. The highest BCUT2D eigenvalue weighted by Crippen LogP contribution is 1.94. The summed E-state index contributed by atoms with van der Waals surface area (Å²) in [4.78, 5) is 1.97. The van der Waals surface area contributed by atoms with Crippen LogP contribution in [-0.2, 0) is 0 Å². The first-order valence-corrected chi connectivity index (χ1v) is 2.79. The van der Waals surface area contributed by atoms with E-state index in [1.807, 2.05) is 19.0 Å². The third kappa shape index (κ3) is 2.28. The zero-order chi connectivity index (χ0) is 6.57. The molecule has 2 nitrogen and oxygen atoms in total. The average Bonchev–Trinajstić information content (AvgIpc) is 1.69. The van der Waals surface area contributed by atoms with Crippen LogP contribution >= 0.6 is 0 Å². The first-order chi connectivity index (χ1) is 3.72. The Balaban J connectivity index is 3.35. The minimum Gasteiger partial charge on any atom is -0.395 e. The SMILES string of the molecule is [CH2]CC(CO)N(C)C. The van der Waals surface area contributed by atoms with Crippen LogP contribution in [0.5, 0.6) is 0 Å². The Kier molecular flexibility index (Phi) is 3.83. The first-order valence-electron chi connectivity index (χ1n) is 2.79. The average molecular weight is 116 g/mol. The Morgan fingerprint density at radius 2 is 2.12 bits per heavy atom. The Morgan fingerprint density at radius 1 is 1.62 bits per heavy atom. The molecule has 1 N–H and O–H groups in total. The highest BCUT2D eigenvalue weighted by Gasteiger charge is 2.04. The summed E-state index contributed by atoms with van der Waals surface area (Å²) >= 11 is 0. The highest BCUT2D eigenvalue weighted by atomic mass is 16.3. The normalized spacial score (nSPS) is 14.6. The van der Waals surface area contributed by atoms with E-state index < -0.39 is 0 Å². The van der Waals surface area contributed by atoms with Gasteiger partial charge in [0.05, 0.1) is 6.61 Å². The standard InChI is InChI=1S/C6H14NO/c1-4-6(5-8)7(2)3/h6,8H,1,4-5H2,2-3H3. The number of aliphatic hydroxyl groups is 1. The van der Waals surface area contributed by atoms with Crippen LogP contribution in [0.15, 0.2) is 0 Å². The minimum absolute atomic E-state index is 0.205. The van der Waals surface area contributed by atoms with Crippen molar-refractivity contribution >= 4 is 0 Å². The van der Waals surface area contributed by atoms with Crippen molar-refractivity contribution in [1.29, 1.82) is 0 Å². The molecule has 0 saturated carbocycles. The summed E-state index contributed by atoms with van der Waals surface area (Å²) in [5, 5.41) is 8.61. The molecule has 1 radical (unpaired) electrons. The van der Waals surface area contributed by atoms with Gasteiger partial charge in [0.15, 0.2) is 0 Å². The Hall–Kier alpha value is -0.0800. The molecule has 0 fully saturated rings. The molecule has 0 aromatic heterocycles. The molecule has 49 valence electrons. The van der Waals surface area contributed by atoms with E-state index in [0.717, 1.165) is 6.42 Å². The van der Waals surface area contributed by atoms with Gasteiger partial charge in [-0.3, -0.25) is 0 Å². The lowest BCUT2D eigenvalue weighted by Crippen LogP contribution is -2.30. The van der Waals surface area contributed by atoms with E-state index in [2.05, 4.69) is 6.92 Å². The van der Waals surface area contributed by atoms with E-state index in [1.165, 1.54) is 0 Å². The molecule has 1 atom stereocenters. The molecule has 0 rings (SSSR count). The van der Waals surface area contributed by atoms with E-state index in [0.29, 0.717) is 0 Å². The third-order valence-electron chi connectivity index (χ3n) is 1.27. The molecule has 8 heavy (non-hydrogen) atoms. The summed E-state index contributed by atoms with van der Waals surface area (Å²) < 4.78 is 0. The zero-order valence-electron chi connectivity index (χ0n) is 5.59. The molecular weight excluding hydrogens is 102 g/mol. The van der Waals surface area contributed by atoms with Gasteiger partial charge >= 0.3 is 0 Å². The van der Waals surface area contributed by atoms with Crippen molar-refractivity contribution in [2.75, 3.05) is 20.7 Å². The fourth-order valence-corrected chi connectivity index (χ4v) is 0.513. The van der Waals surface area contributed by atoms with Gasteiger partial charge < -0.3 is 10.0 Å². The third-order valence-corrected chi connectivity index (χ3v) is 1.27. The lowest BCUT2D eigenvalue weighted by atomic mass is 10.2. The molecule has 1 unspecified atom stereocenters. The van der Waals surface area contributed by atoms with Crippen LogP contribution in [0.25, 0.3) is 0 Å². The molecule has 2 heteroatoms. The van der Waals surface area contributed by atoms with Crippen molar-refractivity contribution in [3.8, 4) is 0 Å². The molecule has 0 aromatic carbocycles. The van der Waals surface area contributed by atoms with Crippen molar-refractivity contribution in [1.82, 2.24) is 4.90 Å². The monoisotopic (exact) mass is 116 g/mol. The molecule has 0 aliphatic carbocycles. The maximum absolute atomic E-state index is 8.61. The lowest BCUT2D eigenvalue weighted by molar-refractivity contribution is 0.170. The predicted octanol–water partition coefficient (Wildman–Crippen LogP) is 0.133. The summed E-state index contributed by atoms with van der Waals surface area (Å²) in [7, 11) is 3.87. The van der Waals surface area contributed by atoms with Crippen molar-refractivity contribution in [2.24, 2.45) is 0 Å². The van der Waals surface area contributed by atoms with Gasteiger partial charge in [-0.2, -0.15) is 0 Å². The number of likely N-dealkylation sites (N-methyl/N-ethyl adjacent to an activating group) is 1. The fourth-order valence-electron chi connectivity index (χ4n) is 0.513. The van der Waals surface area contributed by atoms with Gasteiger partial charge in [0, 0.05) is 6.04 Å². The fraction of sp³-hybridized carbons (Fsp3) is 0.833. The van der Waals surface area contributed by atoms with Crippen LogP contribution < -0.4 is 0 Å². The van der Waals surface area contributed by atoms with Crippen LogP contribution in [-0.4, -0.2) is 36.8 Å². The topological polar surface area (TPSA) is 23.5 Å². The highest BCUT2D eigenvalue weighted by molar-refractivity contribution is 4.64. The Morgan fingerprint density at radius 3 is 2.12 bits per heavy atom. The van der Waals surface area contributed by atoms with Crippen molar-refractivity contribution in [2.45, 2.75) is 12.5 Å². The van der Waals surface area contributed by atoms with Crippen LogP contribution in [0.2, 0.25) is 0 Å². The van der Waals surface area contributed by atoms with Gasteiger partial charge in [0.1, 0.15) is 0 Å². The van der Waals surface area contributed by atoms with Gasteiger partial charge in [-0.15, -0.1) is 0 Å². The van der Waals surface area contributed by atoms with E-state index in [9.17, 15) is 0 Å². The smallest absolute Gasteiger partial charge is 0.0586 e. The van der Waals surface area contributed by atoms with E-state index in [1.54, 1.807) is 0 Å². The predicted molar refractivity (Wildman–Crippen MR) is 34.5 cm³/mol. The van der Waals surface area contributed by atoms with Crippen molar-refractivity contribution in [3.05, 3.63) is 6.92 Å². The van der Waals surface area contributed by atoms with Crippen molar-refractivity contribution < 1.29 is 5.11 Å². The van der Waals surface area contributed by atoms with Gasteiger partial charge in [-0.25, -0.2) is 0 Å². The molecule has 0 aromatic rings. The van der Waals surface area contributed by atoms with E-state index in [-0.39, 0.29) is 12.6 Å². The number of rotatable bonds is 3. The van der Waals surface area contributed by atoms with Gasteiger partial charge in [-0.1, -0.05) is 6.92 Å². The molecule has 0 amide bonds. The summed E-state index contributed by atoms with van der Waals surface area (Å²) in [6.45, 7) is 3.88. The first kappa shape index (κ1) is 7.92. The Labute approximate surface area is 51.1 Å². The van der Waals surface area contributed by atoms with E-state index >= 15 is 0 Å². The summed E-state index contributed by atoms with van der Waals surface area (Å²) in [5.41, 5.74) is 0. The molecular formula is C6H14NO. The molecule has 0 saturated heterocycles. The largest absolute Gasteiger partial charge is 0.395 e. The quantitative estimate of drug-likeness (QED) is 0.566. The summed E-state index contributed by atoms with van der Waals surface area (Å²) in [6, 6.07) is 0.231. The van der Waals surface area contributed by atoms with E-state index in [4.69, 9.17) is 5.11 Å². The number of aliphatic hydroxyl groups excluding tert-OH is 1. The van der Waals surface area contributed by atoms with Gasteiger partial charge in [-0.05, 0) is 20.5 Å². The second-order valence-electron chi connectivity index (χ2n) is 2.09. The number of hydrogen-bond acceptors (Lipinski definition) is 2. The second kappa shape index (κ2) is 3.87. The van der Waals surface area contributed by atoms with Crippen LogP contribution in [0.3, 0.4) is 0 Å². The lowest BCUT2D eigenvalue weighted by Gasteiger charge is -2.19. The Bertz CT molecular complexity index is 50.5. The maximum Gasteiger partial charge on any atom is 0.0586 e. The molecule has 0 aliphatic heterocycles.